The number of rotatable bonds is 2. The Morgan fingerprint density at radius 2 is 2.26 bits per heavy atom. The first-order valence-corrected chi connectivity index (χ1v) is 7.22. The topological polar surface area (TPSA) is 85.6 Å². The second-order valence-corrected chi connectivity index (χ2v) is 5.50. The molecule has 1 aliphatic rings. The minimum Gasteiger partial charge on any atom is -0.471 e. The van der Waals surface area contributed by atoms with E-state index in [1.165, 1.54) is 23.1 Å². The van der Waals surface area contributed by atoms with Crippen LogP contribution < -0.4 is 9.64 Å². The Morgan fingerprint density at radius 1 is 1.48 bits per heavy atom. The third-order valence-electron chi connectivity index (χ3n) is 3.43. The zero-order chi connectivity index (χ0) is 16.6. The Labute approximate surface area is 136 Å². The fourth-order valence-corrected chi connectivity index (χ4v) is 2.65. The summed E-state index contributed by atoms with van der Waals surface area (Å²) in [7, 11) is 0. The summed E-state index contributed by atoms with van der Waals surface area (Å²) >= 11 is 5.89. The van der Waals surface area contributed by atoms with Gasteiger partial charge in [-0.2, -0.15) is 0 Å². The molecule has 0 bridgehead atoms. The molecular formula is C15H12ClN3O4. The van der Waals surface area contributed by atoms with Crippen molar-refractivity contribution in [3.8, 4) is 5.88 Å². The molecule has 0 saturated carbocycles. The van der Waals surface area contributed by atoms with Gasteiger partial charge < -0.3 is 4.74 Å². The molecule has 23 heavy (non-hydrogen) atoms. The van der Waals surface area contributed by atoms with Gasteiger partial charge in [-0.25, -0.2) is 4.98 Å². The summed E-state index contributed by atoms with van der Waals surface area (Å²) in [6, 6.07) is 7.37. The zero-order valence-corrected chi connectivity index (χ0v) is 12.9. The van der Waals surface area contributed by atoms with E-state index >= 15 is 0 Å². The fraction of sp³-hybridized carbons (Fsp3) is 0.200. The summed E-state index contributed by atoms with van der Waals surface area (Å²) in [5.41, 5.74) is 0.593. The number of pyridine rings is 1. The highest BCUT2D eigenvalue weighted by Crippen LogP contribution is 2.33. The number of fused-ring (bicyclic) bond motifs is 1. The molecule has 0 saturated heterocycles. The largest absolute Gasteiger partial charge is 0.471 e. The van der Waals surface area contributed by atoms with Crippen LogP contribution in [0.4, 0.5) is 11.4 Å². The van der Waals surface area contributed by atoms with E-state index in [0.29, 0.717) is 18.1 Å². The second kappa shape index (κ2) is 5.85. The van der Waals surface area contributed by atoms with Crippen molar-refractivity contribution in [3.63, 3.8) is 0 Å². The van der Waals surface area contributed by atoms with Crippen LogP contribution in [0.25, 0.3) is 0 Å². The van der Waals surface area contributed by atoms with Crippen molar-refractivity contribution in [2.75, 3.05) is 11.4 Å². The van der Waals surface area contributed by atoms with Gasteiger partial charge in [0.2, 0.25) is 5.88 Å². The molecule has 0 unspecified atom stereocenters. The van der Waals surface area contributed by atoms with Gasteiger partial charge in [-0.1, -0.05) is 11.6 Å². The molecule has 1 amide bonds. The molecule has 7 nitrogen and oxygen atoms in total. The van der Waals surface area contributed by atoms with Crippen molar-refractivity contribution in [1.82, 2.24) is 4.98 Å². The van der Waals surface area contributed by atoms with Crippen LogP contribution in [-0.2, 0) is 0 Å². The molecule has 1 aromatic heterocycles. The lowest BCUT2D eigenvalue weighted by Crippen LogP contribution is -2.42. The van der Waals surface area contributed by atoms with Gasteiger partial charge >= 0.3 is 0 Å². The number of carbonyl (C=O) groups excluding carboxylic acids is 1. The van der Waals surface area contributed by atoms with Crippen LogP contribution >= 0.6 is 11.6 Å². The number of ether oxygens (including phenoxy) is 1. The SMILES string of the molecule is C[C@@H]1CN(C(=O)c2ccc([N+](=O)[O-])c(Cl)c2)c2cccnc2O1. The monoisotopic (exact) mass is 333 g/mol. The van der Waals surface area contributed by atoms with Crippen molar-refractivity contribution in [2.24, 2.45) is 0 Å². The van der Waals surface area contributed by atoms with Crippen molar-refractivity contribution in [2.45, 2.75) is 13.0 Å². The molecule has 1 aliphatic heterocycles. The Kier molecular flexibility index (Phi) is 3.87. The van der Waals surface area contributed by atoms with Crippen LogP contribution in [0.15, 0.2) is 36.5 Å². The van der Waals surface area contributed by atoms with Crippen LogP contribution in [0.2, 0.25) is 5.02 Å². The van der Waals surface area contributed by atoms with Crippen molar-refractivity contribution in [3.05, 3.63) is 57.2 Å². The normalized spacial score (nSPS) is 16.4. The summed E-state index contributed by atoms with van der Waals surface area (Å²) in [6.45, 7) is 2.19. The van der Waals surface area contributed by atoms with Gasteiger partial charge in [-0.3, -0.25) is 19.8 Å². The number of nitro groups is 1. The van der Waals surface area contributed by atoms with E-state index in [2.05, 4.69) is 4.98 Å². The molecule has 0 radical (unpaired) electrons. The number of amides is 1. The highest BCUT2D eigenvalue weighted by atomic mass is 35.5. The lowest BCUT2D eigenvalue weighted by molar-refractivity contribution is -0.384. The maximum absolute atomic E-state index is 12.8. The Hall–Kier alpha value is -2.67. The first-order chi connectivity index (χ1) is 11.0. The molecule has 3 rings (SSSR count). The third-order valence-corrected chi connectivity index (χ3v) is 3.73. The van der Waals surface area contributed by atoms with E-state index in [1.807, 2.05) is 6.92 Å². The summed E-state index contributed by atoms with van der Waals surface area (Å²) in [5.74, 6) is 0.0683. The van der Waals surface area contributed by atoms with Crippen molar-refractivity contribution in [1.29, 1.82) is 0 Å². The van der Waals surface area contributed by atoms with E-state index < -0.39 is 4.92 Å². The lowest BCUT2D eigenvalue weighted by Gasteiger charge is -2.32. The first kappa shape index (κ1) is 15.2. The first-order valence-electron chi connectivity index (χ1n) is 6.85. The maximum Gasteiger partial charge on any atom is 0.287 e. The standard InChI is InChI=1S/C15H12ClN3O4/c1-9-8-18(13-3-2-6-17-14(13)23-9)15(20)10-4-5-12(19(21)22)11(16)7-10/h2-7,9H,8H2,1H3/t9-/m1/s1. The smallest absolute Gasteiger partial charge is 0.287 e. The number of anilines is 1. The van der Waals surface area contributed by atoms with Crippen LogP contribution in [0.5, 0.6) is 5.88 Å². The summed E-state index contributed by atoms with van der Waals surface area (Å²) in [6.07, 6.45) is 1.37. The van der Waals surface area contributed by atoms with Crippen LogP contribution in [0, 0.1) is 10.1 Å². The van der Waals surface area contributed by atoms with Crippen LogP contribution in [-0.4, -0.2) is 28.5 Å². The quantitative estimate of drug-likeness (QED) is 0.622. The van der Waals surface area contributed by atoms with E-state index in [0.717, 1.165) is 0 Å². The Bertz CT molecular complexity index is 796. The summed E-state index contributed by atoms with van der Waals surface area (Å²) in [4.78, 5) is 28.6. The predicted octanol–water partition coefficient (Wildman–Crippen LogP) is 3.07. The minimum atomic E-state index is -0.591. The van der Waals surface area contributed by atoms with Crippen molar-refractivity contribution >= 4 is 28.9 Å². The van der Waals surface area contributed by atoms with Gasteiger partial charge in [-0.15, -0.1) is 0 Å². The summed E-state index contributed by atoms with van der Waals surface area (Å²) in [5, 5.41) is 10.7. The molecule has 0 fully saturated rings. The van der Waals surface area contributed by atoms with E-state index in [1.54, 1.807) is 18.3 Å². The molecule has 118 valence electrons. The van der Waals surface area contributed by atoms with Crippen LogP contribution in [0.3, 0.4) is 0 Å². The second-order valence-electron chi connectivity index (χ2n) is 5.10. The number of hydrogen-bond acceptors (Lipinski definition) is 5. The van der Waals surface area contributed by atoms with E-state index in [9.17, 15) is 14.9 Å². The maximum atomic E-state index is 12.8. The zero-order valence-electron chi connectivity index (χ0n) is 12.1. The number of halogens is 1. The molecule has 0 N–H and O–H groups in total. The fourth-order valence-electron chi connectivity index (χ4n) is 2.40. The number of aromatic nitrogens is 1. The number of nitro benzene ring substituents is 1. The van der Waals surface area contributed by atoms with Gasteiger partial charge in [-0.05, 0) is 31.2 Å². The van der Waals surface area contributed by atoms with Gasteiger partial charge in [0.05, 0.1) is 11.5 Å². The molecule has 0 aliphatic carbocycles. The molecule has 1 atom stereocenters. The highest BCUT2D eigenvalue weighted by molar-refractivity contribution is 6.33. The molecule has 0 spiro atoms. The van der Waals surface area contributed by atoms with Gasteiger partial charge in [0.1, 0.15) is 16.8 Å². The minimum absolute atomic E-state index is 0.0754. The molecular weight excluding hydrogens is 322 g/mol. The molecule has 8 heteroatoms. The molecule has 2 heterocycles. The third kappa shape index (κ3) is 2.83. The van der Waals surface area contributed by atoms with Gasteiger partial charge in [0.15, 0.2) is 0 Å². The number of carbonyl (C=O) groups is 1. The van der Waals surface area contributed by atoms with E-state index in [4.69, 9.17) is 16.3 Å². The lowest BCUT2D eigenvalue weighted by atomic mass is 10.1. The number of hydrogen-bond donors (Lipinski definition) is 0. The Morgan fingerprint density at radius 3 is 2.96 bits per heavy atom. The highest BCUT2D eigenvalue weighted by Gasteiger charge is 2.29. The number of benzene rings is 1. The molecule has 1 aromatic carbocycles. The number of nitrogens with zero attached hydrogens (tertiary/aromatic N) is 3. The molecule has 2 aromatic rings. The Balaban J connectivity index is 1.98. The van der Waals surface area contributed by atoms with Crippen molar-refractivity contribution < 1.29 is 14.5 Å². The predicted molar refractivity (Wildman–Crippen MR) is 84.1 cm³/mol. The average molecular weight is 334 g/mol. The summed E-state index contributed by atoms with van der Waals surface area (Å²) < 4.78 is 5.60. The van der Waals surface area contributed by atoms with Gasteiger partial charge in [0, 0.05) is 17.8 Å². The van der Waals surface area contributed by atoms with E-state index in [-0.39, 0.29) is 28.3 Å². The van der Waals surface area contributed by atoms with Gasteiger partial charge in [0.25, 0.3) is 11.6 Å². The average Bonchev–Trinajstić information content (AvgIpc) is 2.52. The van der Waals surface area contributed by atoms with Crippen LogP contribution in [0.1, 0.15) is 17.3 Å².